The van der Waals surface area contributed by atoms with Gasteiger partial charge >= 0.3 is 6.01 Å². The third kappa shape index (κ3) is 3.94. The van der Waals surface area contributed by atoms with Gasteiger partial charge in [-0.25, -0.2) is 13.1 Å². The molecule has 0 atom stereocenters. The molecule has 0 amide bonds. The summed E-state index contributed by atoms with van der Waals surface area (Å²) in [6.45, 7) is 0.700. The number of methoxy groups -OCH3 is 1. The van der Waals surface area contributed by atoms with Crippen molar-refractivity contribution in [2.75, 3.05) is 39.3 Å². The lowest BCUT2D eigenvalue weighted by molar-refractivity contribution is 0.171. The molecule has 1 aliphatic rings. The van der Waals surface area contributed by atoms with Gasteiger partial charge in [-0.2, -0.15) is 15.0 Å². The summed E-state index contributed by atoms with van der Waals surface area (Å²) in [6.07, 6.45) is 0. The predicted molar refractivity (Wildman–Crippen MR) is 92.2 cm³/mol. The molecule has 1 aromatic carbocycles. The molecule has 1 aliphatic heterocycles. The number of hydrogen-bond donors (Lipinski definition) is 1. The quantitative estimate of drug-likeness (QED) is 0.749. The number of hydrogen-bond acceptors (Lipinski definition) is 9. The van der Waals surface area contributed by atoms with Crippen molar-refractivity contribution in [2.45, 2.75) is 11.4 Å². The van der Waals surface area contributed by atoms with E-state index in [0.29, 0.717) is 30.7 Å². The van der Waals surface area contributed by atoms with Gasteiger partial charge in [0.2, 0.25) is 16.0 Å². The number of sulfonamides is 1. The fraction of sp³-hybridized carbons (Fsp3) is 0.400. The Morgan fingerprint density at radius 1 is 1.15 bits per heavy atom. The Bertz CT molecular complexity index is 903. The van der Waals surface area contributed by atoms with E-state index in [4.69, 9.17) is 14.2 Å². The second-order valence-corrected chi connectivity index (χ2v) is 7.33. The third-order valence-corrected chi connectivity index (χ3v) is 4.88. The Labute approximate surface area is 151 Å². The zero-order valence-electron chi connectivity index (χ0n) is 14.6. The molecular weight excluding hydrogens is 362 g/mol. The van der Waals surface area contributed by atoms with Crippen molar-refractivity contribution in [3.05, 3.63) is 24.0 Å². The van der Waals surface area contributed by atoms with E-state index in [1.54, 1.807) is 25.1 Å². The number of nitrogens with zero attached hydrogens (tertiary/aromatic N) is 4. The highest BCUT2D eigenvalue weighted by Crippen LogP contribution is 2.32. The normalized spacial score (nSPS) is 13.3. The molecule has 2 aromatic rings. The highest BCUT2D eigenvalue weighted by molar-refractivity contribution is 7.89. The SMILES string of the molecule is COc1nc(CNS(=O)(=O)c2ccc3c(c2)OCCO3)nc(N(C)C)n1. The number of anilines is 1. The molecule has 2 heterocycles. The van der Waals surface area contributed by atoms with Crippen molar-refractivity contribution < 1.29 is 22.6 Å². The highest BCUT2D eigenvalue weighted by Gasteiger charge is 2.20. The highest BCUT2D eigenvalue weighted by atomic mass is 32.2. The maximum Gasteiger partial charge on any atom is 0.321 e. The fourth-order valence-electron chi connectivity index (χ4n) is 2.19. The Morgan fingerprint density at radius 2 is 1.88 bits per heavy atom. The van der Waals surface area contributed by atoms with Gasteiger partial charge in [0, 0.05) is 20.2 Å². The summed E-state index contributed by atoms with van der Waals surface area (Å²) < 4.78 is 43.4. The second-order valence-electron chi connectivity index (χ2n) is 5.56. The van der Waals surface area contributed by atoms with E-state index in [2.05, 4.69) is 19.7 Å². The summed E-state index contributed by atoms with van der Waals surface area (Å²) in [4.78, 5) is 14.1. The lowest BCUT2D eigenvalue weighted by Crippen LogP contribution is -2.25. The van der Waals surface area contributed by atoms with E-state index >= 15 is 0 Å². The fourth-order valence-corrected chi connectivity index (χ4v) is 3.19. The van der Waals surface area contributed by atoms with Crippen LogP contribution in [0.4, 0.5) is 5.95 Å². The van der Waals surface area contributed by atoms with Gasteiger partial charge in [0.25, 0.3) is 0 Å². The molecule has 11 heteroatoms. The van der Waals surface area contributed by atoms with E-state index in [-0.39, 0.29) is 23.3 Å². The molecule has 0 bridgehead atoms. The van der Waals surface area contributed by atoms with Crippen LogP contribution in [0.15, 0.2) is 23.1 Å². The molecule has 0 fully saturated rings. The maximum atomic E-state index is 12.5. The number of aromatic nitrogens is 3. The van der Waals surface area contributed by atoms with Gasteiger partial charge in [0.1, 0.15) is 13.2 Å². The summed E-state index contributed by atoms with van der Waals surface area (Å²) in [7, 11) is 1.17. The van der Waals surface area contributed by atoms with E-state index in [9.17, 15) is 8.42 Å². The molecule has 10 nitrogen and oxygen atoms in total. The molecule has 0 spiro atoms. The first-order valence-corrected chi connectivity index (χ1v) is 9.23. The van der Waals surface area contributed by atoms with E-state index < -0.39 is 10.0 Å². The molecule has 26 heavy (non-hydrogen) atoms. The minimum absolute atomic E-state index is 0.0654. The summed E-state index contributed by atoms with van der Waals surface area (Å²) in [6, 6.07) is 4.56. The summed E-state index contributed by atoms with van der Waals surface area (Å²) >= 11 is 0. The number of ether oxygens (including phenoxy) is 3. The van der Waals surface area contributed by atoms with Gasteiger partial charge in [-0.05, 0) is 12.1 Å². The molecular formula is C15H19N5O5S. The van der Waals surface area contributed by atoms with Gasteiger partial charge in [-0.1, -0.05) is 0 Å². The van der Waals surface area contributed by atoms with Crippen LogP contribution in [0.3, 0.4) is 0 Å². The number of fused-ring (bicyclic) bond motifs is 1. The van der Waals surface area contributed by atoms with Crippen molar-refractivity contribution >= 4 is 16.0 Å². The smallest absolute Gasteiger partial charge is 0.321 e. The Hall–Kier alpha value is -2.66. The third-order valence-electron chi connectivity index (χ3n) is 3.48. The first kappa shape index (κ1) is 18.1. The van der Waals surface area contributed by atoms with Gasteiger partial charge in [0.05, 0.1) is 18.6 Å². The van der Waals surface area contributed by atoms with Gasteiger partial charge < -0.3 is 19.1 Å². The minimum Gasteiger partial charge on any atom is -0.486 e. The summed E-state index contributed by atoms with van der Waals surface area (Å²) in [5, 5.41) is 0. The zero-order valence-corrected chi connectivity index (χ0v) is 15.4. The molecule has 140 valence electrons. The van der Waals surface area contributed by atoms with Crippen LogP contribution in [0.1, 0.15) is 5.82 Å². The zero-order chi connectivity index (χ0) is 18.7. The lowest BCUT2D eigenvalue weighted by Gasteiger charge is -2.19. The average molecular weight is 381 g/mol. The van der Waals surface area contributed by atoms with Crippen LogP contribution in [-0.2, 0) is 16.6 Å². The molecule has 0 saturated heterocycles. The van der Waals surface area contributed by atoms with Crippen LogP contribution in [0.5, 0.6) is 17.5 Å². The van der Waals surface area contributed by atoms with Gasteiger partial charge in [-0.3, -0.25) is 0 Å². The van der Waals surface area contributed by atoms with E-state index in [0.717, 1.165) is 0 Å². The van der Waals surface area contributed by atoms with Crippen molar-refractivity contribution in [2.24, 2.45) is 0 Å². The molecule has 0 aliphatic carbocycles. The number of rotatable bonds is 6. The lowest BCUT2D eigenvalue weighted by atomic mass is 10.3. The molecule has 0 radical (unpaired) electrons. The topological polar surface area (TPSA) is 116 Å². The average Bonchev–Trinajstić information content (AvgIpc) is 2.65. The van der Waals surface area contributed by atoms with Crippen molar-refractivity contribution in [1.82, 2.24) is 19.7 Å². The van der Waals surface area contributed by atoms with Crippen LogP contribution in [0.25, 0.3) is 0 Å². The van der Waals surface area contributed by atoms with Gasteiger partial charge in [0.15, 0.2) is 17.3 Å². The van der Waals surface area contributed by atoms with Crippen LogP contribution in [-0.4, -0.2) is 57.8 Å². The monoisotopic (exact) mass is 381 g/mol. The first-order chi connectivity index (χ1) is 12.4. The minimum atomic E-state index is -3.79. The van der Waals surface area contributed by atoms with Crippen LogP contribution in [0.2, 0.25) is 0 Å². The molecule has 0 unspecified atom stereocenters. The molecule has 0 saturated carbocycles. The van der Waals surface area contributed by atoms with Gasteiger partial charge in [-0.15, -0.1) is 0 Å². The van der Waals surface area contributed by atoms with E-state index in [1.807, 2.05) is 0 Å². The molecule has 1 aromatic heterocycles. The van der Waals surface area contributed by atoms with Crippen molar-refractivity contribution in [1.29, 1.82) is 0 Å². The number of benzene rings is 1. The first-order valence-electron chi connectivity index (χ1n) is 7.74. The van der Waals surface area contributed by atoms with Crippen LogP contribution in [0, 0.1) is 0 Å². The largest absolute Gasteiger partial charge is 0.486 e. The summed E-state index contributed by atoms with van der Waals surface area (Å²) in [5.41, 5.74) is 0. The Morgan fingerprint density at radius 3 is 2.58 bits per heavy atom. The Balaban J connectivity index is 1.79. The molecule has 3 rings (SSSR count). The standard InChI is InChI=1S/C15H19N5O5S/c1-20(2)14-17-13(18-15(19-14)23-3)9-16-26(21,22)10-4-5-11-12(8-10)25-7-6-24-11/h4-5,8,16H,6-7,9H2,1-3H3. The maximum absolute atomic E-state index is 12.5. The van der Waals surface area contributed by atoms with Crippen LogP contribution >= 0.6 is 0 Å². The number of nitrogens with one attached hydrogen (secondary N) is 1. The van der Waals surface area contributed by atoms with Crippen LogP contribution < -0.4 is 23.8 Å². The molecule has 1 N–H and O–H groups in total. The summed E-state index contributed by atoms with van der Waals surface area (Å²) in [5.74, 6) is 1.52. The predicted octanol–water partition coefficient (Wildman–Crippen LogP) is 0.196. The Kier molecular flexibility index (Phi) is 5.09. The van der Waals surface area contributed by atoms with Crippen molar-refractivity contribution in [3.8, 4) is 17.5 Å². The van der Waals surface area contributed by atoms with E-state index in [1.165, 1.54) is 19.2 Å². The van der Waals surface area contributed by atoms with Crippen molar-refractivity contribution in [3.63, 3.8) is 0 Å². The second kappa shape index (κ2) is 7.30.